The van der Waals surface area contributed by atoms with Crippen molar-refractivity contribution in [2.45, 2.75) is 122 Å². The van der Waals surface area contributed by atoms with Crippen LogP contribution in [0.2, 0.25) is 0 Å². The van der Waals surface area contributed by atoms with Gasteiger partial charge in [-0.25, -0.2) is 19.9 Å². The first-order valence-corrected chi connectivity index (χ1v) is 34.7. The second kappa shape index (κ2) is 39.1. The van der Waals surface area contributed by atoms with Crippen LogP contribution in [0.5, 0.6) is 23.0 Å². The van der Waals surface area contributed by atoms with Crippen molar-refractivity contribution in [2.24, 2.45) is 0 Å². The number of nitrogens with zero attached hydrogens (tertiary/aromatic N) is 8. The van der Waals surface area contributed by atoms with Crippen molar-refractivity contribution in [3.05, 3.63) is 256 Å². The predicted octanol–water partition coefficient (Wildman–Crippen LogP) is 15.7. The number of ether oxygens (including phenoxy) is 5. The molecule has 13 heteroatoms. The van der Waals surface area contributed by atoms with E-state index < -0.39 is 0 Å². The summed E-state index contributed by atoms with van der Waals surface area (Å²) in [6.45, 7) is 3.75. The van der Waals surface area contributed by atoms with Gasteiger partial charge < -0.3 is 23.7 Å². The molecule has 0 atom stereocenters. The van der Waals surface area contributed by atoms with E-state index in [-0.39, 0.29) is 13.2 Å². The summed E-state index contributed by atoms with van der Waals surface area (Å²) in [6, 6.07) is 62.6. The minimum Gasteiger partial charge on any atom is -0.494 e. The minimum absolute atomic E-state index is 0.223. The molecule has 3 aliphatic rings. The van der Waals surface area contributed by atoms with Gasteiger partial charge in [0.25, 0.3) is 0 Å². The third kappa shape index (κ3) is 24.4. The number of hydrogen-bond donors (Lipinski definition) is 0. The van der Waals surface area contributed by atoms with E-state index in [0.717, 1.165) is 177 Å². The lowest BCUT2D eigenvalue weighted by Gasteiger charge is -2.08. The van der Waals surface area contributed by atoms with E-state index in [1.165, 1.54) is 11.1 Å². The number of rotatable bonds is 0. The summed E-state index contributed by atoms with van der Waals surface area (Å²) >= 11 is 0. The highest BCUT2D eigenvalue weighted by Crippen LogP contribution is 2.22. The fourth-order valence-electron chi connectivity index (χ4n) is 11.0. The van der Waals surface area contributed by atoms with Crippen molar-refractivity contribution < 1.29 is 23.7 Å². The topological polar surface area (TPSA) is 141 Å². The number of pyridine rings is 5. The lowest BCUT2D eigenvalue weighted by Crippen LogP contribution is -2.00. The fourth-order valence-corrected chi connectivity index (χ4v) is 11.0. The van der Waals surface area contributed by atoms with E-state index in [9.17, 15) is 0 Å². The summed E-state index contributed by atoms with van der Waals surface area (Å²) in [6.07, 6.45) is 18.4. The Morgan fingerprint density at radius 2 is 0.788 bits per heavy atom. The number of benzene rings is 4. The summed E-state index contributed by atoms with van der Waals surface area (Å²) in [7, 11) is 0. The molecule has 10 aromatic rings. The van der Waals surface area contributed by atoms with Crippen LogP contribution in [-0.2, 0) is 49.8 Å². The number of hydrogen-bond acceptors (Lipinski definition) is 12. The fraction of sp³-hybridized carbons (Fsp3) is 0.291. The molecule has 9 heterocycles. The molecule has 0 fully saturated rings. The van der Waals surface area contributed by atoms with Crippen LogP contribution < -0.4 is 18.9 Å². The van der Waals surface area contributed by atoms with E-state index in [1.807, 2.05) is 114 Å². The van der Waals surface area contributed by atoms with Crippen LogP contribution >= 0.6 is 0 Å². The van der Waals surface area contributed by atoms with Crippen molar-refractivity contribution in [1.82, 2.24) is 39.9 Å². The van der Waals surface area contributed by atoms with Crippen molar-refractivity contribution in [2.75, 3.05) is 39.6 Å². The summed E-state index contributed by atoms with van der Waals surface area (Å²) in [5.41, 5.74) is 13.5. The van der Waals surface area contributed by atoms with Gasteiger partial charge in [-0.3, -0.25) is 9.67 Å². The first-order valence-electron chi connectivity index (χ1n) is 34.7. The molecule has 13 rings (SSSR count). The largest absolute Gasteiger partial charge is 0.494 e. The zero-order valence-corrected chi connectivity index (χ0v) is 56.3. The van der Waals surface area contributed by atoms with E-state index in [4.69, 9.17) is 48.6 Å². The van der Waals surface area contributed by atoms with Gasteiger partial charge in [0, 0.05) is 49.0 Å². The molecule has 0 N–H and O–H groups in total. The molecule has 6 aromatic heterocycles. The lowest BCUT2D eigenvalue weighted by molar-refractivity contribution is 0.204. The zero-order valence-electron chi connectivity index (χ0n) is 56.3. The first-order chi connectivity index (χ1) is 49.0. The molecule has 0 saturated carbocycles. The summed E-state index contributed by atoms with van der Waals surface area (Å²) in [4.78, 5) is 24.2. The molecule has 99 heavy (non-hydrogen) atoms. The smallest absolute Gasteiger partial charge is 0.120 e. The summed E-state index contributed by atoms with van der Waals surface area (Å²) in [5.74, 6) is 35.4. The van der Waals surface area contributed by atoms with E-state index >= 15 is 0 Å². The average Bonchev–Trinajstić information content (AvgIpc) is 1.75. The van der Waals surface area contributed by atoms with Gasteiger partial charge in [0.2, 0.25) is 0 Å². The average molecular weight is 1310 g/mol. The molecule has 4 aromatic carbocycles. The maximum atomic E-state index is 6.15. The maximum absolute atomic E-state index is 6.15. The second-order valence-electron chi connectivity index (χ2n) is 24.0. The van der Waals surface area contributed by atoms with Gasteiger partial charge in [-0.1, -0.05) is 120 Å². The van der Waals surface area contributed by atoms with Gasteiger partial charge in [-0.2, -0.15) is 0 Å². The Morgan fingerprint density at radius 3 is 1.37 bits per heavy atom. The predicted molar refractivity (Wildman–Crippen MR) is 390 cm³/mol. The third-order valence-electron chi connectivity index (χ3n) is 16.2. The molecule has 20 bridgehead atoms. The molecular formula is C86H82N8O5. The molecule has 0 radical (unpaired) electrons. The van der Waals surface area contributed by atoms with Gasteiger partial charge >= 0.3 is 0 Å². The van der Waals surface area contributed by atoms with Gasteiger partial charge in [-0.05, 0) is 246 Å². The molecule has 3 aliphatic heterocycles. The highest BCUT2D eigenvalue weighted by atomic mass is 16.5. The van der Waals surface area contributed by atoms with Crippen molar-refractivity contribution in [1.29, 1.82) is 0 Å². The molecule has 0 unspecified atom stereocenters. The van der Waals surface area contributed by atoms with Gasteiger partial charge in [0.05, 0.1) is 54.9 Å². The van der Waals surface area contributed by atoms with Crippen molar-refractivity contribution in [3.8, 4) is 105 Å². The van der Waals surface area contributed by atoms with E-state index in [2.05, 4.69) is 155 Å². The van der Waals surface area contributed by atoms with Gasteiger partial charge in [-0.15, -0.1) is 5.10 Å². The minimum atomic E-state index is 0.223. The molecule has 0 amide bonds. The van der Waals surface area contributed by atoms with Crippen LogP contribution in [-0.4, -0.2) is 79.6 Å². The summed E-state index contributed by atoms with van der Waals surface area (Å²) in [5, 5.41) is 8.81. The Balaban J connectivity index is 0.641. The SMILES string of the molecule is C1#Cc2cccc(n2)-c2cccc(n2)C#CCOCC#Cc2cccc(c2)OCCCCc2cn(nn2)CCCCCCOc2cccc(c2)CC#Cc2cccc(n2)-c2cccc(n2)C#CCCCOc2ccc(cc2)CCCc2cccc(n2)CCCc2ccc(cc2)OCCC1. The number of aromatic nitrogens is 8. The molecule has 0 spiro atoms. The Bertz CT molecular complexity index is 4550. The number of aryl methyl sites for hydroxylation is 6. The first kappa shape index (κ1) is 69.1. The molecule has 0 aliphatic carbocycles. The molecule has 13 nitrogen and oxygen atoms in total. The Hall–Kier alpha value is -11.3. The van der Waals surface area contributed by atoms with Crippen LogP contribution in [0.3, 0.4) is 0 Å². The quantitative estimate of drug-likeness (QED) is 0.133. The normalized spacial score (nSPS) is 14.5. The standard InChI is InChI=1S/C86H82N8O5/c1-2-9-63-98-81-44-16-28-70(65-81)27-15-36-76-41-21-48-85(90-76)83-46-19-39-74(88-83)31-5-3-10-61-96-79-54-50-68(51-55-79)25-13-34-72-37-18-38-73(87-72)35-14-26-69-52-56-80(57-53-69)97-62-11-4-6-32-75-40-20-47-84(89-75)86-49-22-42-77(91-86)43-24-60-95-59-23-30-71-29-17-45-82(66-71)99-64-12-7-33-78-67-94(58-8-1)93-92-78/h16-22,28-29,37-42,44-57,65-67H,1-4,7-14,25-27,33-35,58-64H2. The van der Waals surface area contributed by atoms with E-state index in [1.54, 1.807) is 0 Å². The Labute approximate surface area is 583 Å². The van der Waals surface area contributed by atoms with Crippen LogP contribution in [0.15, 0.2) is 194 Å². The van der Waals surface area contributed by atoms with Crippen molar-refractivity contribution in [3.63, 3.8) is 0 Å². The zero-order chi connectivity index (χ0) is 67.4. The summed E-state index contributed by atoms with van der Waals surface area (Å²) < 4.78 is 32.1. The highest BCUT2D eigenvalue weighted by molar-refractivity contribution is 5.58. The van der Waals surface area contributed by atoms with Crippen LogP contribution in [0.1, 0.15) is 139 Å². The Morgan fingerprint density at radius 1 is 0.323 bits per heavy atom. The van der Waals surface area contributed by atoms with Crippen LogP contribution in [0, 0.1) is 59.2 Å². The van der Waals surface area contributed by atoms with Crippen molar-refractivity contribution >= 4 is 0 Å². The lowest BCUT2D eigenvalue weighted by atomic mass is 10.0. The number of fused-ring (bicyclic) bond motifs is 2. The third-order valence-corrected chi connectivity index (χ3v) is 16.2. The molecular weight excluding hydrogens is 1220 g/mol. The highest BCUT2D eigenvalue weighted by Gasteiger charge is 2.09. The Kier molecular flexibility index (Phi) is 27.3. The molecule has 0 saturated heterocycles. The van der Waals surface area contributed by atoms with E-state index in [0.29, 0.717) is 68.5 Å². The maximum Gasteiger partial charge on any atom is 0.120 e. The van der Waals surface area contributed by atoms with Gasteiger partial charge in [0.15, 0.2) is 0 Å². The van der Waals surface area contributed by atoms with Crippen LogP contribution in [0.4, 0.5) is 0 Å². The molecule has 496 valence electrons. The second-order valence-corrected chi connectivity index (χ2v) is 24.0. The van der Waals surface area contributed by atoms with Crippen LogP contribution in [0.25, 0.3) is 22.8 Å². The van der Waals surface area contributed by atoms with Gasteiger partial charge in [0.1, 0.15) is 59.0 Å². The monoisotopic (exact) mass is 1310 g/mol.